The zero-order chi connectivity index (χ0) is 17.1. The highest BCUT2D eigenvalue weighted by Gasteiger charge is 2.21. The van der Waals surface area contributed by atoms with Crippen LogP contribution in [0, 0.1) is 5.82 Å². The fourth-order valence-electron chi connectivity index (χ4n) is 2.58. The SMILES string of the molecule is CC(C)c1c(C(=O)NCc2ccco2)cnn1-c1cccc(F)c1. The van der Waals surface area contributed by atoms with Crippen LogP contribution in [0.2, 0.25) is 0 Å². The van der Waals surface area contributed by atoms with Crippen molar-refractivity contribution in [2.45, 2.75) is 26.3 Å². The summed E-state index contributed by atoms with van der Waals surface area (Å²) in [6.07, 6.45) is 3.07. The number of aromatic nitrogens is 2. The lowest BCUT2D eigenvalue weighted by atomic mass is 10.0. The molecule has 2 aromatic heterocycles. The number of rotatable bonds is 5. The summed E-state index contributed by atoms with van der Waals surface area (Å²) in [6, 6.07) is 9.70. The summed E-state index contributed by atoms with van der Waals surface area (Å²) in [5.41, 5.74) is 1.79. The molecule has 0 bridgehead atoms. The number of nitrogens with zero attached hydrogens (tertiary/aromatic N) is 2. The second-order valence-corrected chi connectivity index (χ2v) is 5.75. The van der Waals surface area contributed by atoms with Gasteiger partial charge in [0, 0.05) is 0 Å². The highest BCUT2D eigenvalue weighted by Crippen LogP contribution is 2.23. The van der Waals surface area contributed by atoms with Gasteiger partial charge >= 0.3 is 0 Å². The van der Waals surface area contributed by atoms with Crippen LogP contribution in [0.25, 0.3) is 5.69 Å². The minimum absolute atomic E-state index is 0.0418. The van der Waals surface area contributed by atoms with Gasteiger partial charge in [-0.15, -0.1) is 0 Å². The maximum atomic E-state index is 13.5. The van der Waals surface area contributed by atoms with Gasteiger partial charge in [0.15, 0.2) is 0 Å². The molecule has 124 valence electrons. The zero-order valence-corrected chi connectivity index (χ0v) is 13.5. The summed E-state index contributed by atoms with van der Waals surface area (Å²) >= 11 is 0. The molecule has 1 amide bonds. The molecule has 0 aliphatic rings. The Bertz CT molecular complexity index is 838. The van der Waals surface area contributed by atoms with Gasteiger partial charge in [-0.3, -0.25) is 4.79 Å². The Labute approximate surface area is 139 Å². The average Bonchev–Trinajstić information content (AvgIpc) is 3.22. The Balaban J connectivity index is 1.89. The summed E-state index contributed by atoms with van der Waals surface area (Å²) in [5.74, 6) is 0.131. The van der Waals surface area contributed by atoms with E-state index in [0.29, 0.717) is 23.6 Å². The highest BCUT2D eigenvalue weighted by molar-refractivity contribution is 5.95. The van der Waals surface area contributed by atoms with E-state index in [1.54, 1.807) is 35.2 Å². The van der Waals surface area contributed by atoms with Crippen molar-refractivity contribution in [1.82, 2.24) is 15.1 Å². The van der Waals surface area contributed by atoms with Crippen LogP contribution in [-0.4, -0.2) is 15.7 Å². The fraction of sp³-hybridized carbons (Fsp3) is 0.222. The van der Waals surface area contributed by atoms with Gasteiger partial charge in [-0.2, -0.15) is 5.10 Å². The molecule has 2 heterocycles. The minimum atomic E-state index is -0.346. The molecule has 0 fully saturated rings. The predicted octanol–water partition coefficient (Wildman–Crippen LogP) is 3.66. The van der Waals surface area contributed by atoms with Crippen molar-refractivity contribution in [2.24, 2.45) is 0 Å². The van der Waals surface area contributed by atoms with E-state index in [4.69, 9.17) is 4.42 Å². The summed E-state index contributed by atoms with van der Waals surface area (Å²) in [4.78, 5) is 12.5. The first-order valence-electron chi connectivity index (χ1n) is 7.70. The van der Waals surface area contributed by atoms with Crippen molar-refractivity contribution in [1.29, 1.82) is 0 Å². The van der Waals surface area contributed by atoms with Crippen LogP contribution in [-0.2, 0) is 6.54 Å². The molecule has 1 N–H and O–H groups in total. The lowest BCUT2D eigenvalue weighted by molar-refractivity contribution is 0.0946. The van der Waals surface area contributed by atoms with Crippen molar-refractivity contribution in [3.05, 3.63) is 71.7 Å². The molecule has 0 aliphatic carbocycles. The molecular formula is C18H18FN3O2. The van der Waals surface area contributed by atoms with Crippen LogP contribution < -0.4 is 5.32 Å². The van der Waals surface area contributed by atoms with Crippen molar-refractivity contribution in [3.8, 4) is 5.69 Å². The topological polar surface area (TPSA) is 60.1 Å². The normalized spacial score (nSPS) is 11.0. The number of carbonyl (C=O) groups excluding carboxylic acids is 1. The van der Waals surface area contributed by atoms with Gasteiger partial charge in [0.25, 0.3) is 5.91 Å². The molecule has 0 radical (unpaired) electrons. The van der Waals surface area contributed by atoms with E-state index in [2.05, 4.69) is 10.4 Å². The van der Waals surface area contributed by atoms with E-state index in [1.165, 1.54) is 18.3 Å². The van der Waals surface area contributed by atoms with Crippen molar-refractivity contribution >= 4 is 5.91 Å². The number of furan rings is 1. The third-order valence-corrected chi connectivity index (χ3v) is 3.65. The first-order valence-corrected chi connectivity index (χ1v) is 7.70. The van der Waals surface area contributed by atoms with E-state index in [9.17, 15) is 9.18 Å². The largest absolute Gasteiger partial charge is 0.467 e. The number of amides is 1. The Kier molecular flexibility index (Phi) is 4.46. The van der Waals surface area contributed by atoms with Crippen molar-refractivity contribution in [3.63, 3.8) is 0 Å². The smallest absolute Gasteiger partial charge is 0.255 e. The minimum Gasteiger partial charge on any atom is -0.467 e. The molecule has 3 aromatic rings. The zero-order valence-electron chi connectivity index (χ0n) is 13.5. The maximum Gasteiger partial charge on any atom is 0.255 e. The Morgan fingerprint density at radius 3 is 2.83 bits per heavy atom. The van der Waals surface area contributed by atoms with E-state index >= 15 is 0 Å². The quantitative estimate of drug-likeness (QED) is 0.778. The molecule has 0 unspecified atom stereocenters. The van der Waals surface area contributed by atoms with Crippen LogP contribution in [0.4, 0.5) is 4.39 Å². The van der Waals surface area contributed by atoms with Gasteiger partial charge in [0.05, 0.1) is 35.9 Å². The number of carbonyl (C=O) groups is 1. The molecule has 1 aromatic carbocycles. The molecule has 0 aliphatic heterocycles. The maximum absolute atomic E-state index is 13.5. The molecule has 0 saturated carbocycles. The molecular weight excluding hydrogens is 309 g/mol. The van der Waals surface area contributed by atoms with Crippen LogP contribution in [0.1, 0.15) is 41.6 Å². The van der Waals surface area contributed by atoms with Crippen LogP contribution in [0.3, 0.4) is 0 Å². The predicted molar refractivity (Wildman–Crippen MR) is 87.5 cm³/mol. The molecule has 5 nitrogen and oxygen atoms in total. The van der Waals surface area contributed by atoms with Gasteiger partial charge in [0.2, 0.25) is 0 Å². The Morgan fingerprint density at radius 1 is 1.33 bits per heavy atom. The lowest BCUT2D eigenvalue weighted by Gasteiger charge is -2.13. The van der Waals surface area contributed by atoms with Gasteiger partial charge in [0.1, 0.15) is 11.6 Å². The third kappa shape index (κ3) is 3.22. The number of nitrogens with one attached hydrogen (secondary N) is 1. The van der Waals surface area contributed by atoms with Gasteiger partial charge in [-0.1, -0.05) is 19.9 Å². The van der Waals surface area contributed by atoms with Crippen LogP contribution in [0.5, 0.6) is 0 Å². The second kappa shape index (κ2) is 6.70. The van der Waals surface area contributed by atoms with E-state index < -0.39 is 0 Å². The van der Waals surface area contributed by atoms with Crippen LogP contribution in [0.15, 0.2) is 53.3 Å². The highest BCUT2D eigenvalue weighted by atomic mass is 19.1. The van der Waals surface area contributed by atoms with Crippen molar-refractivity contribution < 1.29 is 13.6 Å². The second-order valence-electron chi connectivity index (χ2n) is 5.75. The van der Waals surface area contributed by atoms with Gasteiger partial charge < -0.3 is 9.73 Å². The standard InChI is InChI=1S/C18H18FN3O2/c1-12(2)17-16(18(23)20-10-15-7-4-8-24-15)11-21-22(17)14-6-3-5-13(19)9-14/h3-9,11-12H,10H2,1-2H3,(H,20,23). The third-order valence-electron chi connectivity index (χ3n) is 3.65. The monoisotopic (exact) mass is 327 g/mol. The summed E-state index contributed by atoms with van der Waals surface area (Å²) in [5, 5.41) is 7.09. The number of benzene rings is 1. The van der Waals surface area contributed by atoms with Crippen LogP contribution >= 0.6 is 0 Å². The Hall–Kier alpha value is -2.89. The average molecular weight is 327 g/mol. The lowest BCUT2D eigenvalue weighted by Crippen LogP contribution is -2.24. The molecule has 3 rings (SSSR count). The number of hydrogen-bond donors (Lipinski definition) is 1. The first kappa shape index (κ1) is 16.0. The van der Waals surface area contributed by atoms with Crippen molar-refractivity contribution in [2.75, 3.05) is 0 Å². The first-order chi connectivity index (χ1) is 11.6. The molecule has 0 atom stereocenters. The van der Waals surface area contributed by atoms with E-state index in [0.717, 1.165) is 5.69 Å². The molecule has 0 saturated heterocycles. The Morgan fingerprint density at radius 2 is 2.17 bits per heavy atom. The van der Waals surface area contributed by atoms with Gasteiger partial charge in [-0.25, -0.2) is 9.07 Å². The number of halogens is 1. The van der Waals surface area contributed by atoms with E-state index in [1.807, 2.05) is 13.8 Å². The summed E-state index contributed by atoms with van der Waals surface area (Å²) in [6.45, 7) is 4.24. The molecule has 24 heavy (non-hydrogen) atoms. The number of hydrogen-bond acceptors (Lipinski definition) is 3. The van der Waals surface area contributed by atoms with Gasteiger partial charge in [-0.05, 0) is 36.2 Å². The van der Waals surface area contributed by atoms with E-state index in [-0.39, 0.29) is 17.6 Å². The fourth-order valence-corrected chi connectivity index (χ4v) is 2.58. The summed E-state index contributed by atoms with van der Waals surface area (Å²) in [7, 11) is 0. The molecule has 0 spiro atoms. The summed E-state index contributed by atoms with van der Waals surface area (Å²) < 4.78 is 20.3. The molecule has 6 heteroatoms.